The number of unbranched alkanes of at least 4 members (excludes halogenated alkanes) is 24. The number of quaternary nitrogens is 1. The van der Waals surface area contributed by atoms with Crippen molar-refractivity contribution in [2.24, 2.45) is 0 Å². The number of esters is 2. The Balaban J connectivity index is 1.36. The highest BCUT2D eigenvalue weighted by atomic mass is 32.2. The van der Waals surface area contributed by atoms with Crippen LogP contribution in [-0.4, -0.2) is 108 Å². The first-order chi connectivity index (χ1) is 40.4. The van der Waals surface area contributed by atoms with Crippen LogP contribution in [0.25, 0.3) is 5.57 Å². The first-order valence-electron chi connectivity index (χ1n) is 32.0. The zero-order chi connectivity index (χ0) is 61.2. The molecule has 2 aliphatic rings. The van der Waals surface area contributed by atoms with Crippen LogP contribution in [0.5, 0.6) is 5.75 Å². The lowest BCUT2D eigenvalue weighted by molar-refractivity contribution is -0.498. The molecule has 0 saturated heterocycles. The molecule has 17 nitrogen and oxygen atoms in total. The van der Waals surface area contributed by atoms with Gasteiger partial charge < -0.3 is 24.0 Å². The largest absolute Gasteiger partial charge is 0.472 e. The molecule has 2 aromatic rings. The summed E-state index contributed by atoms with van der Waals surface area (Å²) in [6, 6.07) is 8.98. The van der Waals surface area contributed by atoms with Gasteiger partial charge in [-0.25, -0.2) is 9.29 Å². The number of allylic oxidation sites excluding steroid dienone is 1. The van der Waals surface area contributed by atoms with Gasteiger partial charge in [-0.3, -0.25) is 28.1 Å². The molecule has 3 atom stereocenters. The zero-order valence-electron chi connectivity index (χ0n) is 51.8. The van der Waals surface area contributed by atoms with Gasteiger partial charge in [0.25, 0.3) is 10.1 Å². The number of ether oxygens (including phenoxy) is 3. The Kier molecular flexibility index (Phi) is 34.4. The fraction of sp³-hybridized carbons (Fsp3) is 0.688. The Hall–Kier alpha value is -3.91. The van der Waals surface area contributed by atoms with Crippen molar-refractivity contribution in [3.63, 3.8) is 0 Å². The second-order valence-corrected chi connectivity index (χ2v) is 27.1. The molecule has 84 heavy (non-hydrogen) atoms. The summed E-state index contributed by atoms with van der Waals surface area (Å²) in [7, 11) is -14.4. The highest BCUT2D eigenvalue weighted by Gasteiger charge is 2.34. The molecule has 0 amide bonds. The van der Waals surface area contributed by atoms with E-state index < -0.39 is 82.2 Å². The minimum Gasteiger partial charge on any atom is -0.462 e. The summed E-state index contributed by atoms with van der Waals surface area (Å²) in [6.45, 7) is 13.5. The Bertz CT molecular complexity index is 2650. The van der Waals surface area contributed by atoms with Gasteiger partial charge in [-0.15, -0.1) is 0 Å². The lowest BCUT2D eigenvalue weighted by Crippen LogP contribution is -2.88. The number of rotatable bonds is 48. The molecule has 476 valence electrons. The minimum atomic E-state index is -5.05. The van der Waals surface area contributed by atoms with Crippen molar-refractivity contribution in [1.29, 1.82) is 0 Å². The molecule has 4 N–H and O–H groups in total. The molecule has 0 spiro atoms. The molecule has 4 rings (SSSR count). The summed E-state index contributed by atoms with van der Waals surface area (Å²) in [5.74, 6) is -0.0959. The van der Waals surface area contributed by atoms with Gasteiger partial charge in [0.1, 0.15) is 41.1 Å². The van der Waals surface area contributed by atoms with E-state index in [1.165, 1.54) is 121 Å². The summed E-state index contributed by atoms with van der Waals surface area (Å²) in [5.41, 5.74) is 2.46. The van der Waals surface area contributed by atoms with Crippen molar-refractivity contribution in [3.8, 4) is 5.75 Å². The van der Waals surface area contributed by atoms with Gasteiger partial charge in [0.2, 0.25) is 0 Å². The lowest BCUT2D eigenvalue weighted by Gasteiger charge is -2.33. The Morgan fingerprint density at radius 2 is 1.15 bits per heavy atom. The number of phosphoric acid groups is 1. The van der Waals surface area contributed by atoms with Gasteiger partial charge in [-0.1, -0.05) is 200 Å². The van der Waals surface area contributed by atoms with Gasteiger partial charge in [-0.2, -0.15) is 16.8 Å². The molecule has 0 bridgehead atoms. The number of fused-ring (bicyclic) bond motifs is 2. The first-order valence-corrected chi connectivity index (χ1v) is 36.5. The summed E-state index contributed by atoms with van der Waals surface area (Å²) < 4.78 is 107. The van der Waals surface area contributed by atoms with E-state index in [9.17, 15) is 40.4 Å². The van der Waals surface area contributed by atoms with E-state index in [-0.39, 0.29) is 24.4 Å². The maximum Gasteiger partial charge on any atom is 0.472 e. The molecular weight excluding hydrogens is 1130 g/mol. The molecule has 0 fully saturated rings. The molecule has 1 aliphatic carbocycles. The highest BCUT2D eigenvalue weighted by molar-refractivity contribution is 7.86. The van der Waals surface area contributed by atoms with Crippen molar-refractivity contribution >= 4 is 51.2 Å². The Morgan fingerprint density at radius 3 is 1.67 bits per heavy atom. The number of phosphoric ester groups is 1. The van der Waals surface area contributed by atoms with E-state index in [1.54, 1.807) is 0 Å². The topological polar surface area (TPSA) is 229 Å². The number of hydrogen-bond acceptors (Lipinski definition) is 14. The van der Waals surface area contributed by atoms with Crippen LogP contribution in [0.1, 0.15) is 232 Å². The third kappa shape index (κ3) is 26.2. The lowest BCUT2D eigenvalue weighted by atomic mass is 9.86. The summed E-state index contributed by atoms with van der Waals surface area (Å²) in [5, 5.41) is 0. The van der Waals surface area contributed by atoms with E-state index in [0.717, 1.165) is 87.6 Å². The van der Waals surface area contributed by atoms with Gasteiger partial charge in [0, 0.05) is 60.0 Å². The predicted molar refractivity (Wildman–Crippen MR) is 334 cm³/mol. The van der Waals surface area contributed by atoms with Crippen molar-refractivity contribution in [2.45, 2.75) is 243 Å². The fourth-order valence-electron chi connectivity index (χ4n) is 10.9. The van der Waals surface area contributed by atoms with Crippen LogP contribution in [0, 0.1) is 0 Å². The number of nitrogens with two attached hydrogens (primary N) is 1. The van der Waals surface area contributed by atoms with Crippen molar-refractivity contribution in [3.05, 3.63) is 77.1 Å². The maximum absolute atomic E-state index is 13.8. The molecule has 2 aromatic carbocycles. The number of likely N-dealkylation sites (N-methyl/N-ethyl adjacent to an activating group) is 1. The third-order valence-corrected chi connectivity index (χ3v) is 19.3. The maximum atomic E-state index is 13.8. The number of primary sulfonamides is 1. The van der Waals surface area contributed by atoms with Gasteiger partial charge in [0.15, 0.2) is 6.10 Å². The van der Waals surface area contributed by atoms with Crippen LogP contribution in [0.15, 0.2) is 75.7 Å². The van der Waals surface area contributed by atoms with Gasteiger partial charge in [0.05, 0.1) is 12.6 Å². The van der Waals surface area contributed by atoms with Crippen LogP contribution in [0.4, 0.5) is 5.69 Å². The Labute approximate surface area is 505 Å². The van der Waals surface area contributed by atoms with Crippen LogP contribution >= 0.6 is 7.82 Å². The average Bonchev–Trinajstić information content (AvgIpc) is 1.60. The SMILES string of the molecule is CCCCCCCCCCCCCCCC(=O)OC[C@H](COP(=O)(O)OCC[NH2+]S(=O)(=O)c1ccc(C2=C3C=CC(N(CC)CC)C=C3Oc3cc(N(CC)CC)ccc32)c(S(=O)(=O)O)c1)OC(=O)CCCCCCCCCCCCCCC. The number of anilines is 1. The number of nitrogens with zero attached hydrogens (tertiary/aromatic N) is 2. The molecular formula is C64H105N3O14PS2+. The van der Waals surface area contributed by atoms with Crippen molar-refractivity contribution in [2.75, 3.05) is 57.4 Å². The molecule has 20 heteroatoms. The van der Waals surface area contributed by atoms with Gasteiger partial charge >= 0.3 is 29.8 Å². The number of carbonyl (C=O) groups excluding carboxylic acids is 2. The highest BCUT2D eigenvalue weighted by Crippen LogP contribution is 2.47. The van der Waals surface area contributed by atoms with E-state index in [1.807, 2.05) is 50.3 Å². The van der Waals surface area contributed by atoms with E-state index >= 15 is 0 Å². The van der Waals surface area contributed by atoms with Crippen molar-refractivity contribution < 1.29 is 68.4 Å². The summed E-state index contributed by atoms with van der Waals surface area (Å²) in [4.78, 5) is 39.8. The minimum absolute atomic E-state index is 0.0540. The Morgan fingerprint density at radius 1 is 0.643 bits per heavy atom. The third-order valence-electron chi connectivity index (χ3n) is 15.8. The van der Waals surface area contributed by atoms with E-state index in [0.29, 0.717) is 41.1 Å². The molecule has 2 unspecified atom stereocenters. The summed E-state index contributed by atoms with van der Waals surface area (Å²) in [6.07, 6.45) is 34.9. The van der Waals surface area contributed by atoms with E-state index in [4.69, 9.17) is 23.3 Å². The standard InChI is InChI=1S/C64H104N3O14PS2/c1-7-13-15-17-19-21-23-25-27-29-31-33-35-37-62(68)77-50-54(80-63(69)38-36-34-32-30-28-26-24-22-20-18-16-14-8-2)51-79-82(70,71)78-46-45-65-83(72,73)55-41-44-58(61(49-55)84(74,75)76)64-56-42-39-52(66(9-3)10-4)47-59(56)81-60-48-53(40-43-57(60)64)67(11-5)12-6/h39-44,47-49,52,54,65H,7-38,45-46,50-51H2,1-6H3,(H,70,71)(H,74,75,76)/p+1/t52?,54-/m1/s1. The van der Waals surface area contributed by atoms with Crippen LogP contribution < -0.4 is 14.4 Å². The smallest absolute Gasteiger partial charge is 0.462 e. The van der Waals surface area contributed by atoms with Crippen LogP contribution in [0.2, 0.25) is 0 Å². The zero-order valence-corrected chi connectivity index (χ0v) is 54.4. The van der Waals surface area contributed by atoms with Crippen LogP contribution in [0.3, 0.4) is 0 Å². The van der Waals surface area contributed by atoms with Crippen molar-refractivity contribution in [1.82, 2.24) is 4.90 Å². The normalized spacial score (nSPS) is 15.3. The molecule has 0 aromatic heterocycles. The average molecular weight is 1240 g/mol. The second kappa shape index (κ2) is 39.8. The molecule has 0 saturated carbocycles. The quantitative estimate of drug-likeness (QED) is 0.0242. The molecule has 1 aliphatic heterocycles. The number of hydrogen-bond donors (Lipinski definition) is 3. The fourth-order valence-corrected chi connectivity index (χ4v) is 13.6. The predicted octanol–water partition coefficient (Wildman–Crippen LogP) is 13.9. The first kappa shape index (κ1) is 72.6. The molecule has 1 heterocycles. The number of sulfonamides is 1. The monoisotopic (exact) mass is 1230 g/mol. The summed E-state index contributed by atoms with van der Waals surface area (Å²) >= 11 is 0. The van der Waals surface area contributed by atoms with Crippen LogP contribution in [-0.2, 0) is 52.8 Å². The molecule has 0 radical (unpaired) electrons. The van der Waals surface area contributed by atoms with Gasteiger partial charge in [-0.05, 0) is 70.1 Å². The van der Waals surface area contributed by atoms with E-state index in [2.05, 4.69) is 37.5 Å². The number of carbonyl (C=O) groups is 2. The number of benzene rings is 2. The second-order valence-electron chi connectivity index (χ2n) is 22.4.